The molecule has 1 aromatic carbocycles. The average Bonchev–Trinajstić information content (AvgIpc) is 3.45. The summed E-state index contributed by atoms with van der Waals surface area (Å²) in [6, 6.07) is 8.83. The van der Waals surface area contributed by atoms with Crippen molar-refractivity contribution in [3.8, 4) is 0 Å². The highest BCUT2D eigenvalue weighted by atomic mass is 16.5. The SMILES string of the molecule is Cc1ccc(CCN(CC2CCCO2)C(=O)c2cn(C3CCNCC3)nn2)cc1. The molecule has 2 saturated heterocycles. The fraction of sp³-hybridized carbons (Fsp3) is 0.591. The van der Waals surface area contributed by atoms with Crippen LogP contribution in [0.4, 0.5) is 0 Å². The van der Waals surface area contributed by atoms with E-state index in [1.807, 2.05) is 15.8 Å². The van der Waals surface area contributed by atoms with Crippen molar-refractivity contribution >= 4 is 5.91 Å². The predicted molar refractivity (Wildman–Crippen MR) is 111 cm³/mol. The number of carbonyl (C=O) groups excluding carboxylic acids is 1. The van der Waals surface area contributed by atoms with Gasteiger partial charge in [-0.25, -0.2) is 4.68 Å². The van der Waals surface area contributed by atoms with Crippen LogP contribution in [0.5, 0.6) is 0 Å². The number of ether oxygens (including phenoxy) is 1. The average molecular weight is 398 g/mol. The molecule has 7 heteroatoms. The number of hydrogen-bond donors (Lipinski definition) is 1. The fourth-order valence-corrected chi connectivity index (χ4v) is 4.12. The largest absolute Gasteiger partial charge is 0.376 e. The molecule has 1 unspecified atom stereocenters. The van der Waals surface area contributed by atoms with Gasteiger partial charge in [0.15, 0.2) is 5.69 Å². The van der Waals surface area contributed by atoms with Crippen LogP contribution in [0.15, 0.2) is 30.5 Å². The van der Waals surface area contributed by atoms with Gasteiger partial charge in [0.2, 0.25) is 0 Å². The van der Waals surface area contributed by atoms with Crippen LogP contribution in [0.25, 0.3) is 0 Å². The van der Waals surface area contributed by atoms with Crippen LogP contribution < -0.4 is 5.32 Å². The van der Waals surface area contributed by atoms with E-state index in [1.165, 1.54) is 11.1 Å². The van der Waals surface area contributed by atoms with Crippen LogP contribution in [0.3, 0.4) is 0 Å². The summed E-state index contributed by atoms with van der Waals surface area (Å²) >= 11 is 0. The molecule has 1 amide bonds. The maximum Gasteiger partial charge on any atom is 0.276 e. The lowest BCUT2D eigenvalue weighted by molar-refractivity contribution is 0.0524. The van der Waals surface area contributed by atoms with Gasteiger partial charge in [-0.1, -0.05) is 35.0 Å². The van der Waals surface area contributed by atoms with Crippen LogP contribution in [0.1, 0.15) is 53.3 Å². The molecule has 1 N–H and O–H groups in total. The summed E-state index contributed by atoms with van der Waals surface area (Å²) in [4.78, 5) is 15.1. The number of nitrogens with one attached hydrogen (secondary N) is 1. The normalized spacial score (nSPS) is 20.1. The van der Waals surface area contributed by atoms with Gasteiger partial charge in [0.1, 0.15) is 0 Å². The molecular weight excluding hydrogens is 366 g/mol. The maximum atomic E-state index is 13.2. The number of piperidine rings is 1. The van der Waals surface area contributed by atoms with E-state index < -0.39 is 0 Å². The van der Waals surface area contributed by atoms with Crippen LogP contribution >= 0.6 is 0 Å². The zero-order valence-corrected chi connectivity index (χ0v) is 17.2. The summed E-state index contributed by atoms with van der Waals surface area (Å²) in [6.45, 7) is 6.11. The smallest absolute Gasteiger partial charge is 0.276 e. The summed E-state index contributed by atoms with van der Waals surface area (Å²) < 4.78 is 7.67. The van der Waals surface area contributed by atoms with E-state index in [-0.39, 0.29) is 12.0 Å². The molecule has 2 aliphatic rings. The molecule has 29 heavy (non-hydrogen) atoms. The molecule has 0 bridgehead atoms. The zero-order chi connectivity index (χ0) is 20.1. The van der Waals surface area contributed by atoms with Crippen molar-refractivity contribution in [1.29, 1.82) is 0 Å². The molecule has 2 aliphatic heterocycles. The van der Waals surface area contributed by atoms with Gasteiger partial charge in [0.05, 0.1) is 18.3 Å². The molecule has 0 spiro atoms. The lowest BCUT2D eigenvalue weighted by Gasteiger charge is -2.25. The Bertz CT molecular complexity index is 792. The Balaban J connectivity index is 1.44. The van der Waals surface area contributed by atoms with Crippen molar-refractivity contribution in [3.63, 3.8) is 0 Å². The Morgan fingerprint density at radius 3 is 2.76 bits per heavy atom. The third kappa shape index (κ3) is 5.22. The fourth-order valence-electron chi connectivity index (χ4n) is 4.12. The van der Waals surface area contributed by atoms with Crippen molar-refractivity contribution in [2.24, 2.45) is 0 Å². The summed E-state index contributed by atoms with van der Waals surface area (Å²) in [5, 5.41) is 11.8. The second kappa shape index (κ2) is 9.50. The first-order chi connectivity index (χ1) is 14.2. The third-order valence-electron chi connectivity index (χ3n) is 5.94. The Kier molecular flexibility index (Phi) is 6.56. The number of amides is 1. The minimum absolute atomic E-state index is 0.0483. The van der Waals surface area contributed by atoms with Gasteiger partial charge < -0.3 is 15.0 Å². The van der Waals surface area contributed by atoms with Gasteiger partial charge in [0, 0.05) is 19.7 Å². The van der Waals surface area contributed by atoms with Crippen molar-refractivity contribution < 1.29 is 9.53 Å². The van der Waals surface area contributed by atoms with Gasteiger partial charge >= 0.3 is 0 Å². The van der Waals surface area contributed by atoms with E-state index >= 15 is 0 Å². The topological polar surface area (TPSA) is 72.3 Å². The molecule has 0 aliphatic carbocycles. The molecule has 1 atom stereocenters. The Hall–Kier alpha value is -2.25. The van der Waals surface area contributed by atoms with Gasteiger partial charge in [0.25, 0.3) is 5.91 Å². The molecule has 0 radical (unpaired) electrons. The summed E-state index contributed by atoms with van der Waals surface area (Å²) in [5.41, 5.74) is 2.92. The highest BCUT2D eigenvalue weighted by molar-refractivity contribution is 5.92. The monoisotopic (exact) mass is 397 g/mol. The first-order valence-electron chi connectivity index (χ1n) is 10.8. The van der Waals surface area contributed by atoms with Crippen LogP contribution in [0.2, 0.25) is 0 Å². The molecular formula is C22H31N5O2. The molecule has 4 rings (SSSR count). The van der Waals surface area contributed by atoms with E-state index in [9.17, 15) is 4.79 Å². The maximum absolute atomic E-state index is 13.2. The first-order valence-corrected chi connectivity index (χ1v) is 10.8. The molecule has 1 aromatic heterocycles. The second-order valence-corrected chi connectivity index (χ2v) is 8.19. The number of benzene rings is 1. The van der Waals surface area contributed by atoms with Crippen LogP contribution in [0, 0.1) is 6.92 Å². The van der Waals surface area contributed by atoms with Gasteiger partial charge in [-0.15, -0.1) is 5.10 Å². The van der Waals surface area contributed by atoms with Crippen molar-refractivity contribution in [2.45, 2.75) is 51.2 Å². The molecule has 156 valence electrons. The quantitative estimate of drug-likeness (QED) is 0.777. The van der Waals surface area contributed by atoms with Gasteiger partial charge in [-0.2, -0.15) is 0 Å². The van der Waals surface area contributed by atoms with E-state index in [0.29, 0.717) is 24.8 Å². The number of aryl methyl sites for hydroxylation is 1. The lowest BCUT2D eigenvalue weighted by Crippen LogP contribution is -2.39. The Morgan fingerprint density at radius 1 is 1.24 bits per heavy atom. The number of nitrogens with zero attached hydrogens (tertiary/aromatic N) is 4. The van der Waals surface area contributed by atoms with E-state index in [0.717, 1.165) is 51.8 Å². The molecule has 2 fully saturated rings. The first kappa shape index (κ1) is 20.0. The van der Waals surface area contributed by atoms with Crippen molar-refractivity contribution in [3.05, 3.63) is 47.3 Å². The third-order valence-corrected chi connectivity index (χ3v) is 5.94. The summed E-state index contributed by atoms with van der Waals surface area (Å²) in [5.74, 6) is -0.0483. The number of hydrogen-bond acceptors (Lipinski definition) is 5. The second-order valence-electron chi connectivity index (χ2n) is 8.19. The number of aromatic nitrogens is 3. The standard InChI is InChI=1S/C22H31N5O2/c1-17-4-6-18(7-5-17)10-13-26(15-20-3-2-14-29-20)22(28)21-16-27(25-24-21)19-8-11-23-12-9-19/h4-7,16,19-20,23H,2-3,8-15H2,1H3. The predicted octanol–water partition coefficient (Wildman–Crippen LogP) is 2.37. The molecule has 7 nitrogen and oxygen atoms in total. The van der Waals surface area contributed by atoms with Gasteiger partial charge in [-0.3, -0.25) is 4.79 Å². The number of carbonyl (C=O) groups is 1. The van der Waals surface area contributed by atoms with E-state index in [4.69, 9.17) is 4.74 Å². The van der Waals surface area contributed by atoms with Crippen molar-refractivity contribution in [1.82, 2.24) is 25.2 Å². The highest BCUT2D eigenvalue weighted by Crippen LogP contribution is 2.19. The minimum Gasteiger partial charge on any atom is -0.376 e. The zero-order valence-electron chi connectivity index (χ0n) is 17.2. The summed E-state index contributed by atoms with van der Waals surface area (Å²) in [7, 11) is 0. The van der Waals surface area contributed by atoms with Gasteiger partial charge in [-0.05, 0) is 57.7 Å². The van der Waals surface area contributed by atoms with Crippen LogP contribution in [-0.4, -0.2) is 64.7 Å². The van der Waals surface area contributed by atoms with E-state index in [2.05, 4.69) is 46.8 Å². The molecule has 2 aromatic rings. The van der Waals surface area contributed by atoms with Crippen molar-refractivity contribution in [2.75, 3.05) is 32.8 Å². The lowest BCUT2D eigenvalue weighted by atomic mass is 10.1. The minimum atomic E-state index is -0.0483. The number of rotatable bonds is 7. The Morgan fingerprint density at radius 2 is 2.03 bits per heavy atom. The molecule has 0 saturated carbocycles. The molecule has 3 heterocycles. The van der Waals surface area contributed by atoms with E-state index in [1.54, 1.807) is 0 Å². The van der Waals surface area contributed by atoms with Crippen LogP contribution in [-0.2, 0) is 11.2 Å². The highest BCUT2D eigenvalue weighted by Gasteiger charge is 2.26. The Labute approximate surface area is 172 Å². The summed E-state index contributed by atoms with van der Waals surface area (Å²) in [6.07, 6.45) is 6.88.